The van der Waals surface area contributed by atoms with Crippen LogP contribution in [0.1, 0.15) is 11.1 Å². The number of hydrogen-bond donors (Lipinski definition) is 1. The van der Waals surface area contributed by atoms with E-state index in [0.29, 0.717) is 15.4 Å². The van der Waals surface area contributed by atoms with Gasteiger partial charge < -0.3 is 4.98 Å². The van der Waals surface area contributed by atoms with Crippen molar-refractivity contribution >= 4 is 50.8 Å². The zero-order chi connectivity index (χ0) is 15.1. The summed E-state index contributed by atoms with van der Waals surface area (Å²) in [6.07, 6.45) is 0. The van der Waals surface area contributed by atoms with E-state index in [9.17, 15) is 5.26 Å². The quantitative estimate of drug-likeness (QED) is 0.585. The average Bonchev–Trinajstić information content (AvgIpc) is 2.79. The van der Waals surface area contributed by atoms with Gasteiger partial charge in [0.15, 0.2) is 4.77 Å². The van der Waals surface area contributed by atoms with E-state index in [1.165, 1.54) is 0 Å². The molecule has 3 nitrogen and oxygen atoms in total. The van der Waals surface area contributed by atoms with Crippen molar-refractivity contribution in [3.63, 3.8) is 0 Å². The van der Waals surface area contributed by atoms with E-state index in [-0.39, 0.29) is 0 Å². The Labute approximate surface area is 139 Å². The maximum atomic E-state index is 9.20. The van der Waals surface area contributed by atoms with Crippen LogP contribution in [-0.4, -0.2) is 9.55 Å². The summed E-state index contributed by atoms with van der Waals surface area (Å²) in [5.74, 6) is 0. The monoisotopic (exact) mass is 377 g/mol. The highest BCUT2D eigenvalue weighted by Crippen LogP contribution is 2.31. The van der Waals surface area contributed by atoms with E-state index >= 15 is 0 Å². The number of hydrogen-bond acceptors (Lipinski definition) is 2. The third kappa shape index (κ3) is 2.30. The van der Waals surface area contributed by atoms with Gasteiger partial charge in [-0.2, -0.15) is 5.26 Å². The van der Waals surface area contributed by atoms with Crippen molar-refractivity contribution < 1.29 is 0 Å². The number of halogens is 2. The average molecular weight is 379 g/mol. The van der Waals surface area contributed by atoms with Crippen LogP contribution in [-0.2, 0) is 0 Å². The SMILES string of the molecule is Cc1cc(Br)c(-n2c(=S)[nH]c3c(C#N)cccc32)cc1Cl. The first-order valence-electron chi connectivity index (χ1n) is 6.13. The summed E-state index contributed by atoms with van der Waals surface area (Å²) in [4.78, 5) is 3.10. The molecule has 0 aliphatic rings. The number of nitriles is 1. The van der Waals surface area contributed by atoms with E-state index < -0.39 is 0 Å². The van der Waals surface area contributed by atoms with E-state index in [0.717, 1.165) is 26.8 Å². The van der Waals surface area contributed by atoms with Gasteiger partial charge in [-0.25, -0.2) is 0 Å². The maximum absolute atomic E-state index is 9.20. The molecule has 0 amide bonds. The van der Waals surface area contributed by atoms with Gasteiger partial charge in [0, 0.05) is 9.50 Å². The molecule has 104 valence electrons. The molecule has 6 heteroatoms. The van der Waals surface area contributed by atoms with Crippen LogP contribution in [0.3, 0.4) is 0 Å². The first-order chi connectivity index (χ1) is 10.0. The fourth-order valence-corrected chi connectivity index (χ4v) is 3.36. The molecule has 0 aliphatic carbocycles. The Morgan fingerprint density at radius 1 is 1.38 bits per heavy atom. The minimum atomic E-state index is 0.522. The van der Waals surface area contributed by atoms with Gasteiger partial charge in [-0.15, -0.1) is 0 Å². The lowest BCUT2D eigenvalue weighted by atomic mass is 10.2. The van der Waals surface area contributed by atoms with Gasteiger partial charge in [0.2, 0.25) is 0 Å². The van der Waals surface area contributed by atoms with Crippen LogP contribution in [0.15, 0.2) is 34.8 Å². The fraction of sp³-hybridized carbons (Fsp3) is 0.0667. The lowest BCUT2D eigenvalue weighted by molar-refractivity contribution is 1.05. The van der Waals surface area contributed by atoms with E-state index in [1.54, 1.807) is 6.07 Å². The van der Waals surface area contributed by atoms with Crippen LogP contribution in [0.4, 0.5) is 0 Å². The molecule has 1 N–H and O–H groups in total. The molecule has 3 aromatic rings. The Morgan fingerprint density at radius 2 is 2.14 bits per heavy atom. The van der Waals surface area contributed by atoms with E-state index in [1.807, 2.05) is 35.8 Å². The van der Waals surface area contributed by atoms with Gasteiger partial charge in [0.05, 0.1) is 22.3 Å². The van der Waals surface area contributed by atoms with Gasteiger partial charge in [0.1, 0.15) is 6.07 Å². The number of rotatable bonds is 1. The molecule has 0 fully saturated rings. The number of H-pyrrole nitrogens is 1. The van der Waals surface area contributed by atoms with Crippen LogP contribution in [0, 0.1) is 23.0 Å². The van der Waals surface area contributed by atoms with E-state index in [2.05, 4.69) is 27.0 Å². The van der Waals surface area contributed by atoms with Gasteiger partial charge in [0.25, 0.3) is 0 Å². The molecule has 3 rings (SSSR count). The number of imidazole rings is 1. The summed E-state index contributed by atoms with van der Waals surface area (Å²) in [7, 11) is 0. The number of nitrogens with one attached hydrogen (secondary N) is 1. The predicted octanol–water partition coefficient (Wildman–Crippen LogP) is 5.28. The number of aryl methyl sites for hydroxylation is 1. The second-order valence-electron chi connectivity index (χ2n) is 4.63. The molecule has 0 radical (unpaired) electrons. The summed E-state index contributed by atoms with van der Waals surface area (Å²) >= 11 is 15.2. The minimum absolute atomic E-state index is 0.522. The number of fused-ring (bicyclic) bond motifs is 1. The molecule has 0 aliphatic heterocycles. The molecule has 1 aromatic heterocycles. The third-order valence-electron chi connectivity index (χ3n) is 3.31. The smallest absolute Gasteiger partial charge is 0.182 e. The normalized spacial score (nSPS) is 10.8. The zero-order valence-corrected chi connectivity index (χ0v) is 14.1. The zero-order valence-electron chi connectivity index (χ0n) is 10.9. The maximum Gasteiger partial charge on any atom is 0.182 e. The van der Waals surface area contributed by atoms with Gasteiger partial charge in [-0.3, -0.25) is 4.57 Å². The largest absolute Gasteiger partial charge is 0.329 e. The Kier molecular flexibility index (Phi) is 3.62. The van der Waals surface area contributed by atoms with Gasteiger partial charge >= 0.3 is 0 Å². The van der Waals surface area contributed by atoms with Crippen molar-refractivity contribution in [2.45, 2.75) is 6.92 Å². The molecule has 0 atom stereocenters. The van der Waals surface area contributed by atoms with Crippen LogP contribution in [0.5, 0.6) is 0 Å². The van der Waals surface area contributed by atoms with Crippen LogP contribution in [0.25, 0.3) is 16.7 Å². The number of benzene rings is 2. The lowest BCUT2D eigenvalue weighted by Crippen LogP contribution is -1.96. The molecule has 0 unspecified atom stereocenters. The second kappa shape index (κ2) is 5.30. The van der Waals surface area contributed by atoms with Crippen molar-refractivity contribution in [2.75, 3.05) is 0 Å². The lowest BCUT2D eigenvalue weighted by Gasteiger charge is -2.10. The van der Waals surface area contributed by atoms with Crippen molar-refractivity contribution in [2.24, 2.45) is 0 Å². The first-order valence-corrected chi connectivity index (χ1v) is 7.70. The first kappa shape index (κ1) is 14.3. The molecule has 0 spiro atoms. The Morgan fingerprint density at radius 3 is 2.86 bits per heavy atom. The van der Waals surface area contributed by atoms with Crippen molar-refractivity contribution in [1.82, 2.24) is 9.55 Å². The van der Waals surface area contributed by atoms with E-state index in [4.69, 9.17) is 23.8 Å². The third-order valence-corrected chi connectivity index (χ3v) is 4.63. The molecule has 2 aromatic carbocycles. The molecule has 21 heavy (non-hydrogen) atoms. The molecule has 1 heterocycles. The summed E-state index contributed by atoms with van der Waals surface area (Å²) in [6, 6.07) is 11.5. The minimum Gasteiger partial charge on any atom is -0.329 e. The topological polar surface area (TPSA) is 44.5 Å². The van der Waals surface area contributed by atoms with Crippen molar-refractivity contribution in [3.05, 3.63) is 55.7 Å². The summed E-state index contributed by atoms with van der Waals surface area (Å²) in [6.45, 7) is 1.94. The van der Waals surface area contributed by atoms with Crippen molar-refractivity contribution in [3.8, 4) is 11.8 Å². The van der Waals surface area contributed by atoms with Crippen molar-refractivity contribution in [1.29, 1.82) is 5.26 Å². The molecular weight excluding hydrogens is 370 g/mol. The Balaban J connectivity index is 2.42. The number of para-hydroxylation sites is 1. The fourth-order valence-electron chi connectivity index (χ4n) is 2.27. The van der Waals surface area contributed by atoms with Crippen LogP contribution >= 0.6 is 39.7 Å². The number of aromatic nitrogens is 2. The highest BCUT2D eigenvalue weighted by atomic mass is 79.9. The number of aromatic amines is 1. The molecular formula is C15H9BrClN3S. The summed E-state index contributed by atoms with van der Waals surface area (Å²) < 4.78 is 3.29. The van der Waals surface area contributed by atoms with Gasteiger partial charge in [-0.05, 0) is 64.9 Å². The van der Waals surface area contributed by atoms with Gasteiger partial charge in [-0.1, -0.05) is 17.7 Å². The summed E-state index contributed by atoms with van der Waals surface area (Å²) in [5.41, 5.74) is 3.97. The highest BCUT2D eigenvalue weighted by Gasteiger charge is 2.13. The molecule has 0 bridgehead atoms. The molecule has 0 saturated carbocycles. The Hall–Kier alpha value is -1.61. The standard InChI is InChI=1S/C15H9BrClN3S/c1-8-5-10(16)13(6-11(8)17)20-12-4-2-3-9(7-18)14(12)19-15(20)21/h2-6H,1H3,(H,19,21). The Bertz CT molecular complexity index is 965. The predicted molar refractivity (Wildman–Crippen MR) is 90.6 cm³/mol. The molecule has 0 saturated heterocycles. The number of nitrogens with zero attached hydrogens (tertiary/aromatic N) is 2. The highest BCUT2D eigenvalue weighted by molar-refractivity contribution is 9.10. The van der Waals surface area contributed by atoms with Crippen LogP contribution < -0.4 is 0 Å². The second-order valence-corrected chi connectivity index (χ2v) is 6.28. The van der Waals surface area contributed by atoms with Crippen LogP contribution in [0.2, 0.25) is 5.02 Å². The summed E-state index contributed by atoms with van der Waals surface area (Å²) in [5, 5.41) is 9.87.